The number of amides is 1. The second-order valence-electron chi connectivity index (χ2n) is 5.79. The van der Waals surface area contributed by atoms with Crippen molar-refractivity contribution in [3.05, 3.63) is 62.9 Å². The Morgan fingerprint density at radius 1 is 1.20 bits per heavy atom. The van der Waals surface area contributed by atoms with Crippen LogP contribution in [-0.2, 0) is 24.2 Å². The van der Waals surface area contributed by atoms with Crippen molar-refractivity contribution in [3.63, 3.8) is 0 Å². The number of benzene rings is 2. The summed E-state index contributed by atoms with van der Waals surface area (Å²) >= 11 is 11.8. The zero-order chi connectivity index (χ0) is 17.1. The standard InChI is InChI=1S/C18H17Cl2FN2O.ClH/c19-14-4-1-11(9-15(14)20)2-6-17(24)23-16-5-3-12-10-22-8-7-13(12)18(16)21;/h1,3-5,9,22H,2,6-8,10H2,(H,23,24);1H. The summed E-state index contributed by atoms with van der Waals surface area (Å²) in [5.41, 5.74) is 2.80. The first kappa shape index (κ1) is 20.0. The van der Waals surface area contributed by atoms with E-state index in [1.165, 1.54) is 0 Å². The summed E-state index contributed by atoms with van der Waals surface area (Å²) in [6, 6.07) is 8.75. The molecule has 2 aromatic rings. The van der Waals surface area contributed by atoms with Gasteiger partial charge < -0.3 is 10.6 Å². The minimum Gasteiger partial charge on any atom is -0.324 e. The van der Waals surface area contributed by atoms with Crippen LogP contribution < -0.4 is 10.6 Å². The molecule has 3 rings (SSSR count). The number of carbonyl (C=O) groups is 1. The SMILES string of the molecule is Cl.O=C(CCc1ccc(Cl)c(Cl)c1)Nc1ccc2c(c1F)CCNC2. The number of anilines is 1. The van der Waals surface area contributed by atoms with Gasteiger partial charge in [-0.05, 0) is 54.3 Å². The molecule has 2 aromatic carbocycles. The van der Waals surface area contributed by atoms with Crippen LogP contribution in [0.2, 0.25) is 10.0 Å². The molecule has 7 heteroatoms. The Morgan fingerprint density at radius 2 is 2.00 bits per heavy atom. The van der Waals surface area contributed by atoms with Crippen molar-refractivity contribution in [2.75, 3.05) is 11.9 Å². The number of fused-ring (bicyclic) bond motifs is 1. The molecule has 1 amide bonds. The van der Waals surface area contributed by atoms with Gasteiger partial charge in [-0.2, -0.15) is 0 Å². The molecule has 0 unspecified atom stereocenters. The van der Waals surface area contributed by atoms with Crippen LogP contribution in [-0.4, -0.2) is 12.5 Å². The fourth-order valence-corrected chi connectivity index (χ4v) is 3.12. The van der Waals surface area contributed by atoms with E-state index in [4.69, 9.17) is 23.2 Å². The predicted molar refractivity (Wildman–Crippen MR) is 102 cm³/mol. The predicted octanol–water partition coefficient (Wildman–Crippen LogP) is 4.77. The van der Waals surface area contributed by atoms with Gasteiger partial charge in [-0.15, -0.1) is 12.4 Å². The number of carbonyl (C=O) groups excluding carboxylic acids is 1. The Bertz CT molecular complexity index is 783. The molecule has 0 saturated heterocycles. The fraction of sp³-hybridized carbons (Fsp3) is 0.278. The largest absolute Gasteiger partial charge is 0.324 e. The van der Waals surface area contributed by atoms with Crippen molar-refractivity contribution in [1.29, 1.82) is 0 Å². The quantitative estimate of drug-likeness (QED) is 0.772. The van der Waals surface area contributed by atoms with Crippen molar-refractivity contribution in [2.45, 2.75) is 25.8 Å². The van der Waals surface area contributed by atoms with Gasteiger partial charge in [0.15, 0.2) is 0 Å². The Labute approximate surface area is 162 Å². The maximum Gasteiger partial charge on any atom is 0.224 e. The highest BCUT2D eigenvalue weighted by Crippen LogP contribution is 2.25. The molecular formula is C18H18Cl3FN2O. The van der Waals surface area contributed by atoms with Crippen LogP contribution in [0.3, 0.4) is 0 Å². The Morgan fingerprint density at radius 3 is 2.76 bits per heavy atom. The Balaban J connectivity index is 0.00000225. The molecule has 0 bridgehead atoms. The molecule has 0 spiro atoms. The molecule has 0 aliphatic carbocycles. The van der Waals surface area contributed by atoms with E-state index in [9.17, 15) is 9.18 Å². The first-order valence-corrected chi connectivity index (χ1v) is 8.55. The van der Waals surface area contributed by atoms with Crippen molar-refractivity contribution in [2.24, 2.45) is 0 Å². The highest BCUT2D eigenvalue weighted by molar-refractivity contribution is 6.42. The zero-order valence-corrected chi connectivity index (χ0v) is 15.7. The highest BCUT2D eigenvalue weighted by Gasteiger charge is 2.17. The number of halogens is 4. The molecule has 3 nitrogen and oxygen atoms in total. The van der Waals surface area contributed by atoms with Gasteiger partial charge >= 0.3 is 0 Å². The Hall–Kier alpha value is -1.33. The molecule has 1 heterocycles. The third kappa shape index (κ3) is 4.85. The van der Waals surface area contributed by atoms with E-state index in [1.54, 1.807) is 18.2 Å². The topological polar surface area (TPSA) is 41.1 Å². The summed E-state index contributed by atoms with van der Waals surface area (Å²) in [6.45, 7) is 1.41. The van der Waals surface area contributed by atoms with Gasteiger partial charge in [-0.1, -0.05) is 35.3 Å². The number of rotatable bonds is 4. The van der Waals surface area contributed by atoms with Gasteiger partial charge in [0.1, 0.15) is 5.82 Å². The average molecular weight is 404 g/mol. The van der Waals surface area contributed by atoms with E-state index in [0.717, 1.165) is 17.7 Å². The molecular weight excluding hydrogens is 386 g/mol. The maximum absolute atomic E-state index is 14.5. The monoisotopic (exact) mass is 402 g/mol. The number of hydrogen-bond donors (Lipinski definition) is 2. The van der Waals surface area contributed by atoms with Gasteiger partial charge in [0, 0.05) is 13.0 Å². The highest BCUT2D eigenvalue weighted by atomic mass is 35.5. The van der Waals surface area contributed by atoms with Gasteiger partial charge in [0.25, 0.3) is 0 Å². The van der Waals surface area contributed by atoms with E-state index in [1.807, 2.05) is 12.1 Å². The number of nitrogens with one attached hydrogen (secondary N) is 2. The van der Waals surface area contributed by atoms with Gasteiger partial charge in [-0.25, -0.2) is 4.39 Å². The van der Waals surface area contributed by atoms with E-state index < -0.39 is 0 Å². The minimum atomic E-state index is -0.322. The smallest absolute Gasteiger partial charge is 0.224 e. The third-order valence-electron chi connectivity index (χ3n) is 4.11. The fourth-order valence-electron chi connectivity index (χ4n) is 2.80. The number of aryl methyl sites for hydroxylation is 1. The zero-order valence-electron chi connectivity index (χ0n) is 13.4. The molecule has 0 radical (unpaired) electrons. The van der Waals surface area contributed by atoms with Gasteiger partial charge in [0.2, 0.25) is 5.91 Å². The minimum absolute atomic E-state index is 0. The molecule has 2 N–H and O–H groups in total. The van der Waals surface area contributed by atoms with Crippen LogP contribution in [0.15, 0.2) is 30.3 Å². The molecule has 0 aromatic heterocycles. The molecule has 0 atom stereocenters. The lowest BCUT2D eigenvalue weighted by molar-refractivity contribution is -0.116. The van der Waals surface area contributed by atoms with Crippen LogP contribution in [0, 0.1) is 5.82 Å². The summed E-state index contributed by atoms with van der Waals surface area (Å²) < 4.78 is 14.5. The van der Waals surface area contributed by atoms with E-state index in [0.29, 0.717) is 35.0 Å². The lowest BCUT2D eigenvalue weighted by atomic mass is 9.99. The lowest BCUT2D eigenvalue weighted by Gasteiger charge is -2.19. The van der Waals surface area contributed by atoms with Crippen LogP contribution in [0.4, 0.5) is 10.1 Å². The van der Waals surface area contributed by atoms with Crippen molar-refractivity contribution < 1.29 is 9.18 Å². The van der Waals surface area contributed by atoms with E-state index >= 15 is 0 Å². The Kier molecular flexibility index (Phi) is 7.08. The van der Waals surface area contributed by atoms with Gasteiger partial charge in [-0.3, -0.25) is 4.79 Å². The second-order valence-corrected chi connectivity index (χ2v) is 6.60. The maximum atomic E-state index is 14.5. The third-order valence-corrected chi connectivity index (χ3v) is 4.85. The van der Waals surface area contributed by atoms with E-state index in [2.05, 4.69) is 10.6 Å². The van der Waals surface area contributed by atoms with E-state index in [-0.39, 0.29) is 36.2 Å². The molecule has 1 aliphatic rings. The normalized spacial score (nSPS) is 12.9. The summed E-state index contributed by atoms with van der Waals surface area (Å²) in [5, 5.41) is 6.81. The second kappa shape index (κ2) is 8.86. The first-order chi connectivity index (χ1) is 11.5. The number of hydrogen-bond acceptors (Lipinski definition) is 2. The molecule has 25 heavy (non-hydrogen) atoms. The van der Waals surface area contributed by atoms with Crippen molar-refractivity contribution in [1.82, 2.24) is 5.32 Å². The first-order valence-electron chi connectivity index (χ1n) is 7.79. The molecule has 0 fully saturated rings. The molecule has 134 valence electrons. The van der Waals surface area contributed by atoms with Crippen LogP contribution in [0.25, 0.3) is 0 Å². The summed E-state index contributed by atoms with van der Waals surface area (Å²) in [5.74, 6) is -0.550. The molecule has 0 saturated carbocycles. The summed E-state index contributed by atoms with van der Waals surface area (Å²) in [6.07, 6.45) is 1.39. The van der Waals surface area contributed by atoms with Crippen molar-refractivity contribution in [3.8, 4) is 0 Å². The van der Waals surface area contributed by atoms with Crippen LogP contribution >= 0.6 is 35.6 Å². The summed E-state index contributed by atoms with van der Waals surface area (Å²) in [7, 11) is 0. The average Bonchev–Trinajstić information content (AvgIpc) is 2.59. The van der Waals surface area contributed by atoms with Crippen LogP contribution in [0.1, 0.15) is 23.1 Å². The van der Waals surface area contributed by atoms with Gasteiger partial charge in [0.05, 0.1) is 15.7 Å². The lowest BCUT2D eigenvalue weighted by Crippen LogP contribution is -2.25. The van der Waals surface area contributed by atoms with Crippen molar-refractivity contribution >= 4 is 47.2 Å². The summed E-state index contributed by atoms with van der Waals surface area (Å²) in [4.78, 5) is 12.1. The molecule has 1 aliphatic heterocycles. The van der Waals surface area contributed by atoms with Crippen LogP contribution in [0.5, 0.6) is 0 Å².